The quantitative estimate of drug-likeness (QED) is 0.586. The van der Waals surface area contributed by atoms with Crippen molar-refractivity contribution in [2.75, 3.05) is 7.11 Å². The number of esters is 1. The number of carbonyl (C=O) groups is 1. The average molecular weight is 319 g/mol. The molecule has 0 heterocycles. The van der Waals surface area contributed by atoms with Gasteiger partial charge in [-0.3, -0.25) is 4.79 Å². The van der Waals surface area contributed by atoms with Crippen molar-refractivity contribution < 1.29 is 13.9 Å². The van der Waals surface area contributed by atoms with Crippen LogP contribution in [0.3, 0.4) is 0 Å². The zero-order chi connectivity index (χ0) is 17.6. The van der Waals surface area contributed by atoms with Crippen LogP contribution in [-0.2, 0) is 9.53 Å². The molecule has 1 N–H and O–H groups in total. The number of halogens is 1. The Morgan fingerprint density at radius 2 is 1.96 bits per heavy atom. The van der Waals surface area contributed by atoms with Crippen molar-refractivity contribution in [3.63, 3.8) is 0 Å². The van der Waals surface area contributed by atoms with Gasteiger partial charge in [0.2, 0.25) is 0 Å². The summed E-state index contributed by atoms with van der Waals surface area (Å²) in [5.74, 6) is -0.0980. The van der Waals surface area contributed by atoms with Crippen LogP contribution in [0.4, 0.5) is 4.39 Å². The van der Waals surface area contributed by atoms with E-state index in [0.29, 0.717) is 29.2 Å². The van der Waals surface area contributed by atoms with Gasteiger partial charge >= 0.3 is 5.97 Å². The second-order valence-corrected chi connectivity index (χ2v) is 6.38. The molecule has 1 atom stereocenters. The van der Waals surface area contributed by atoms with Gasteiger partial charge in [-0.1, -0.05) is 26.3 Å². The number of hydrogen-bond donors (Lipinski definition) is 1. The minimum Gasteiger partial charge on any atom is -0.469 e. The van der Waals surface area contributed by atoms with Crippen molar-refractivity contribution >= 4 is 11.7 Å². The fourth-order valence-corrected chi connectivity index (χ4v) is 2.42. The van der Waals surface area contributed by atoms with E-state index >= 15 is 0 Å². The SMILES string of the molecule is COC(=O)CC(C)C(=CC(=N)c1ccc(F)c(C)c1)CC(C)C. The molecule has 0 bridgehead atoms. The van der Waals surface area contributed by atoms with Crippen molar-refractivity contribution in [2.24, 2.45) is 11.8 Å². The molecule has 4 heteroatoms. The van der Waals surface area contributed by atoms with Gasteiger partial charge in [-0.2, -0.15) is 0 Å². The normalized spacial score (nSPS) is 13.1. The number of methoxy groups -OCH3 is 1. The molecule has 23 heavy (non-hydrogen) atoms. The lowest BCUT2D eigenvalue weighted by molar-refractivity contribution is -0.141. The molecule has 0 radical (unpaired) electrons. The van der Waals surface area contributed by atoms with E-state index in [1.54, 1.807) is 25.1 Å². The van der Waals surface area contributed by atoms with Crippen LogP contribution in [0.2, 0.25) is 0 Å². The van der Waals surface area contributed by atoms with Crippen LogP contribution < -0.4 is 0 Å². The van der Waals surface area contributed by atoms with Gasteiger partial charge in [-0.25, -0.2) is 4.39 Å². The summed E-state index contributed by atoms with van der Waals surface area (Å²) in [6.07, 6.45) is 2.91. The zero-order valence-corrected chi connectivity index (χ0v) is 14.6. The van der Waals surface area contributed by atoms with Gasteiger partial charge in [0, 0.05) is 0 Å². The number of allylic oxidation sites excluding steroid dienone is 2. The van der Waals surface area contributed by atoms with Gasteiger partial charge in [0.1, 0.15) is 5.82 Å². The lowest BCUT2D eigenvalue weighted by atomic mass is 9.88. The highest BCUT2D eigenvalue weighted by Crippen LogP contribution is 2.24. The van der Waals surface area contributed by atoms with Gasteiger partial charge in [-0.05, 0) is 60.6 Å². The summed E-state index contributed by atoms with van der Waals surface area (Å²) in [7, 11) is 1.38. The fraction of sp³-hybridized carbons (Fsp3) is 0.474. The highest BCUT2D eigenvalue weighted by atomic mass is 19.1. The molecule has 0 saturated carbocycles. The minimum absolute atomic E-state index is 0.00625. The monoisotopic (exact) mass is 319 g/mol. The first kappa shape index (κ1) is 19.1. The molecule has 3 nitrogen and oxygen atoms in total. The summed E-state index contributed by atoms with van der Waals surface area (Å²) >= 11 is 0. The van der Waals surface area contributed by atoms with E-state index < -0.39 is 0 Å². The molecule has 1 aromatic carbocycles. The lowest BCUT2D eigenvalue weighted by Gasteiger charge is -2.17. The van der Waals surface area contributed by atoms with Crippen LogP contribution in [0.15, 0.2) is 29.8 Å². The Balaban J connectivity index is 3.04. The molecule has 0 aromatic heterocycles. The van der Waals surface area contributed by atoms with E-state index in [9.17, 15) is 9.18 Å². The zero-order valence-electron chi connectivity index (χ0n) is 14.6. The molecule has 1 rings (SSSR count). The number of carbonyl (C=O) groups excluding carboxylic acids is 1. The molecular weight excluding hydrogens is 293 g/mol. The molecule has 1 unspecified atom stereocenters. The predicted octanol–water partition coefficient (Wildman–Crippen LogP) is 4.67. The maximum Gasteiger partial charge on any atom is 0.306 e. The molecule has 0 aliphatic heterocycles. The van der Waals surface area contributed by atoms with Crippen molar-refractivity contribution in [3.05, 3.63) is 46.8 Å². The van der Waals surface area contributed by atoms with Crippen LogP contribution in [0, 0.1) is 30.0 Å². The Morgan fingerprint density at radius 1 is 1.30 bits per heavy atom. The summed E-state index contributed by atoms with van der Waals surface area (Å²) in [4.78, 5) is 11.5. The minimum atomic E-state index is -0.271. The summed E-state index contributed by atoms with van der Waals surface area (Å²) in [6.45, 7) is 7.85. The second kappa shape index (κ2) is 8.61. The molecule has 0 saturated heterocycles. The van der Waals surface area contributed by atoms with E-state index in [1.165, 1.54) is 13.2 Å². The highest BCUT2D eigenvalue weighted by molar-refractivity contribution is 6.07. The van der Waals surface area contributed by atoms with Crippen LogP contribution in [0.25, 0.3) is 0 Å². The van der Waals surface area contributed by atoms with Crippen LogP contribution in [-0.4, -0.2) is 18.8 Å². The number of nitrogens with one attached hydrogen (secondary N) is 1. The topological polar surface area (TPSA) is 50.2 Å². The van der Waals surface area contributed by atoms with Crippen molar-refractivity contribution in [1.82, 2.24) is 0 Å². The van der Waals surface area contributed by atoms with Crippen molar-refractivity contribution in [1.29, 1.82) is 5.41 Å². The molecule has 126 valence electrons. The maximum absolute atomic E-state index is 13.4. The fourth-order valence-electron chi connectivity index (χ4n) is 2.42. The summed E-state index contributed by atoms with van der Waals surface area (Å²) in [6, 6.07) is 4.66. The highest BCUT2D eigenvalue weighted by Gasteiger charge is 2.16. The third-order valence-electron chi connectivity index (χ3n) is 3.78. The molecule has 0 aliphatic rings. The van der Waals surface area contributed by atoms with Gasteiger partial charge in [0.15, 0.2) is 0 Å². The Bertz CT molecular complexity index is 605. The van der Waals surface area contributed by atoms with Gasteiger partial charge < -0.3 is 10.1 Å². The Morgan fingerprint density at radius 3 is 2.48 bits per heavy atom. The summed E-state index contributed by atoms with van der Waals surface area (Å²) < 4.78 is 18.1. The van der Waals surface area contributed by atoms with Gasteiger partial charge in [-0.15, -0.1) is 0 Å². The summed E-state index contributed by atoms with van der Waals surface area (Å²) in [5.41, 5.74) is 2.57. The Hall–Kier alpha value is -1.97. The predicted molar refractivity (Wildman–Crippen MR) is 91.3 cm³/mol. The number of rotatable bonds is 7. The van der Waals surface area contributed by atoms with E-state index in [4.69, 9.17) is 10.1 Å². The first-order chi connectivity index (χ1) is 10.7. The Labute approximate surface area is 138 Å². The molecule has 0 amide bonds. The van der Waals surface area contributed by atoms with Crippen LogP contribution in [0.5, 0.6) is 0 Å². The first-order valence-electron chi connectivity index (χ1n) is 7.87. The number of benzene rings is 1. The number of hydrogen-bond acceptors (Lipinski definition) is 3. The van der Waals surface area contributed by atoms with Crippen LogP contribution >= 0.6 is 0 Å². The largest absolute Gasteiger partial charge is 0.469 e. The van der Waals surface area contributed by atoms with E-state index in [0.717, 1.165) is 12.0 Å². The third-order valence-corrected chi connectivity index (χ3v) is 3.78. The van der Waals surface area contributed by atoms with Crippen LogP contribution in [0.1, 0.15) is 44.7 Å². The maximum atomic E-state index is 13.4. The Kier molecular flexibility index (Phi) is 7.14. The third kappa shape index (κ3) is 5.97. The van der Waals surface area contributed by atoms with Crippen molar-refractivity contribution in [2.45, 2.75) is 40.5 Å². The second-order valence-electron chi connectivity index (χ2n) is 6.38. The molecule has 0 aliphatic carbocycles. The van der Waals surface area contributed by atoms with Gasteiger partial charge in [0.05, 0.1) is 19.2 Å². The van der Waals surface area contributed by atoms with E-state index in [1.807, 2.05) is 6.92 Å². The van der Waals surface area contributed by atoms with Crippen molar-refractivity contribution in [3.8, 4) is 0 Å². The van der Waals surface area contributed by atoms with E-state index in [2.05, 4.69) is 13.8 Å². The molecular formula is C19H26FNO2. The average Bonchev–Trinajstić information content (AvgIpc) is 2.48. The lowest BCUT2D eigenvalue weighted by Crippen LogP contribution is -2.12. The first-order valence-corrected chi connectivity index (χ1v) is 7.87. The number of ether oxygens (including phenoxy) is 1. The van der Waals surface area contributed by atoms with E-state index in [-0.39, 0.29) is 17.7 Å². The molecule has 1 aromatic rings. The standard InChI is InChI=1S/C19H26FNO2/c1-12(2)8-16(13(3)10-19(22)23-5)11-18(21)15-6-7-17(20)14(4)9-15/h6-7,9,11-13,21H,8,10H2,1-5H3. The molecule has 0 fully saturated rings. The smallest absolute Gasteiger partial charge is 0.306 e. The summed E-state index contributed by atoms with van der Waals surface area (Å²) in [5, 5.41) is 8.28. The van der Waals surface area contributed by atoms with Gasteiger partial charge in [0.25, 0.3) is 0 Å². The number of aryl methyl sites for hydroxylation is 1. The molecule has 0 spiro atoms.